The van der Waals surface area contributed by atoms with E-state index in [2.05, 4.69) is 0 Å². The molecular weight excluding hydrogens is 306 g/mol. The molecule has 0 saturated carbocycles. The zero-order valence-corrected chi connectivity index (χ0v) is 12.9. The number of likely N-dealkylation sites (tertiary alicyclic amines) is 1. The summed E-state index contributed by atoms with van der Waals surface area (Å²) in [6.45, 7) is 3.62. The molecule has 116 valence electrons. The second-order valence-corrected chi connectivity index (χ2v) is 5.68. The number of fused-ring (bicyclic) bond motifs is 1. The van der Waals surface area contributed by atoms with Crippen molar-refractivity contribution in [3.63, 3.8) is 0 Å². The predicted molar refractivity (Wildman–Crippen MR) is 83.4 cm³/mol. The highest BCUT2D eigenvalue weighted by molar-refractivity contribution is 6.31. The summed E-state index contributed by atoms with van der Waals surface area (Å²) in [6.07, 6.45) is 0.820. The molecule has 22 heavy (non-hydrogen) atoms. The van der Waals surface area contributed by atoms with Crippen LogP contribution in [0.25, 0.3) is 11.0 Å². The fourth-order valence-corrected chi connectivity index (χ4v) is 2.88. The molecule has 2 aromatic rings. The third kappa shape index (κ3) is 2.87. The van der Waals surface area contributed by atoms with Gasteiger partial charge in [-0.3, -0.25) is 4.79 Å². The van der Waals surface area contributed by atoms with Crippen LogP contribution in [0.3, 0.4) is 0 Å². The third-order valence-corrected chi connectivity index (χ3v) is 3.99. The maximum absolute atomic E-state index is 12.5. The van der Waals surface area contributed by atoms with Crippen molar-refractivity contribution in [1.29, 1.82) is 0 Å². The van der Waals surface area contributed by atoms with Gasteiger partial charge in [0.15, 0.2) is 0 Å². The Balaban J connectivity index is 1.91. The second kappa shape index (κ2) is 6.10. The van der Waals surface area contributed by atoms with E-state index in [1.54, 1.807) is 29.2 Å². The lowest BCUT2D eigenvalue weighted by Gasteiger charge is -2.16. The molecule has 1 saturated heterocycles. The van der Waals surface area contributed by atoms with E-state index < -0.39 is 5.63 Å². The largest absolute Gasteiger partial charge is 0.422 e. The highest BCUT2D eigenvalue weighted by Gasteiger charge is 2.29. The predicted octanol–water partition coefficient (Wildman–Crippen LogP) is 2.70. The first-order chi connectivity index (χ1) is 10.6. The second-order valence-electron chi connectivity index (χ2n) is 5.25. The Kier molecular flexibility index (Phi) is 4.18. The molecule has 2 heterocycles. The van der Waals surface area contributed by atoms with Gasteiger partial charge in [-0.1, -0.05) is 11.6 Å². The molecule has 3 rings (SSSR count). The summed E-state index contributed by atoms with van der Waals surface area (Å²) >= 11 is 5.94. The summed E-state index contributed by atoms with van der Waals surface area (Å²) in [5, 5.41) is 1.16. The standard InChI is InChI=1S/C16H16ClNO4/c1-2-21-12-5-6-18(9-12)15(19)13-8-10-7-11(17)3-4-14(10)22-16(13)20/h3-4,7-8,12H,2,5-6,9H2,1H3. The average Bonchev–Trinajstić information content (AvgIpc) is 2.95. The number of ether oxygens (including phenoxy) is 1. The minimum Gasteiger partial charge on any atom is -0.422 e. The Morgan fingerprint density at radius 3 is 3.05 bits per heavy atom. The zero-order chi connectivity index (χ0) is 15.7. The number of halogens is 1. The number of hydrogen-bond donors (Lipinski definition) is 0. The molecule has 0 aliphatic carbocycles. The minimum atomic E-state index is -0.625. The van der Waals surface area contributed by atoms with Gasteiger partial charge in [0.05, 0.1) is 6.10 Å². The van der Waals surface area contributed by atoms with Crippen LogP contribution in [-0.2, 0) is 4.74 Å². The van der Waals surface area contributed by atoms with Crippen molar-refractivity contribution in [2.75, 3.05) is 19.7 Å². The van der Waals surface area contributed by atoms with E-state index >= 15 is 0 Å². The van der Waals surface area contributed by atoms with Gasteiger partial charge in [-0.2, -0.15) is 0 Å². The van der Waals surface area contributed by atoms with Crippen molar-refractivity contribution >= 4 is 28.5 Å². The molecule has 1 amide bonds. The molecule has 0 N–H and O–H groups in total. The van der Waals surface area contributed by atoms with E-state index in [0.717, 1.165) is 6.42 Å². The number of nitrogens with zero attached hydrogens (tertiary/aromatic N) is 1. The summed E-state index contributed by atoms with van der Waals surface area (Å²) in [4.78, 5) is 26.2. The molecule has 1 aromatic heterocycles. The van der Waals surface area contributed by atoms with Crippen molar-refractivity contribution < 1.29 is 13.9 Å². The number of amides is 1. The highest BCUT2D eigenvalue weighted by Crippen LogP contribution is 2.20. The van der Waals surface area contributed by atoms with Crippen LogP contribution in [0.1, 0.15) is 23.7 Å². The molecule has 0 bridgehead atoms. The smallest absolute Gasteiger partial charge is 0.349 e. The normalized spacial score (nSPS) is 18.1. The van der Waals surface area contributed by atoms with Crippen molar-refractivity contribution in [3.05, 3.63) is 45.3 Å². The number of carbonyl (C=O) groups excluding carboxylic acids is 1. The Morgan fingerprint density at radius 2 is 2.27 bits per heavy atom. The molecule has 5 nitrogen and oxygen atoms in total. The summed E-state index contributed by atoms with van der Waals surface area (Å²) in [7, 11) is 0. The van der Waals surface area contributed by atoms with Crippen LogP contribution in [0.5, 0.6) is 0 Å². The Hall–Kier alpha value is -1.85. The number of rotatable bonds is 3. The van der Waals surface area contributed by atoms with Gasteiger partial charge in [-0.05, 0) is 37.6 Å². The van der Waals surface area contributed by atoms with Crippen LogP contribution in [0.15, 0.2) is 33.5 Å². The van der Waals surface area contributed by atoms with E-state index in [1.165, 1.54) is 0 Å². The van der Waals surface area contributed by atoms with E-state index in [4.69, 9.17) is 20.8 Å². The first-order valence-electron chi connectivity index (χ1n) is 7.22. The molecule has 6 heteroatoms. The molecule has 1 atom stereocenters. The molecular formula is C16H16ClNO4. The van der Waals surface area contributed by atoms with Crippen LogP contribution in [0.2, 0.25) is 5.02 Å². The van der Waals surface area contributed by atoms with Crippen LogP contribution in [0, 0.1) is 0 Å². The van der Waals surface area contributed by atoms with Gasteiger partial charge in [-0.25, -0.2) is 4.79 Å². The van der Waals surface area contributed by atoms with Crippen LogP contribution < -0.4 is 5.63 Å². The maximum Gasteiger partial charge on any atom is 0.349 e. The number of hydrogen-bond acceptors (Lipinski definition) is 4. The van der Waals surface area contributed by atoms with Gasteiger partial charge in [0, 0.05) is 30.1 Å². The SMILES string of the molecule is CCOC1CCN(C(=O)c2cc3cc(Cl)ccc3oc2=O)C1. The van der Waals surface area contributed by atoms with Gasteiger partial charge >= 0.3 is 5.63 Å². The average molecular weight is 322 g/mol. The van der Waals surface area contributed by atoms with Crippen molar-refractivity contribution in [1.82, 2.24) is 4.90 Å². The lowest BCUT2D eigenvalue weighted by molar-refractivity contribution is 0.0596. The topological polar surface area (TPSA) is 59.8 Å². The van der Waals surface area contributed by atoms with E-state index in [-0.39, 0.29) is 17.6 Å². The van der Waals surface area contributed by atoms with E-state index in [0.29, 0.717) is 35.7 Å². The van der Waals surface area contributed by atoms with E-state index in [9.17, 15) is 9.59 Å². The molecule has 1 unspecified atom stereocenters. The maximum atomic E-state index is 12.5. The van der Waals surface area contributed by atoms with Gasteiger partial charge in [0.25, 0.3) is 5.91 Å². The number of carbonyl (C=O) groups is 1. The Bertz CT molecular complexity index is 770. The van der Waals surface area contributed by atoms with Crippen molar-refractivity contribution in [2.45, 2.75) is 19.4 Å². The van der Waals surface area contributed by atoms with Gasteiger partial charge < -0.3 is 14.1 Å². The van der Waals surface area contributed by atoms with Gasteiger partial charge in [-0.15, -0.1) is 0 Å². The highest BCUT2D eigenvalue weighted by atomic mass is 35.5. The molecule has 1 aliphatic heterocycles. The van der Waals surface area contributed by atoms with Crippen LogP contribution in [0.4, 0.5) is 0 Å². The van der Waals surface area contributed by atoms with Crippen molar-refractivity contribution in [2.24, 2.45) is 0 Å². The Labute approximate surface area is 132 Å². The summed E-state index contributed by atoms with van der Waals surface area (Å²) in [5.74, 6) is -0.321. The van der Waals surface area contributed by atoms with Crippen LogP contribution >= 0.6 is 11.6 Å². The molecule has 0 spiro atoms. The summed E-state index contributed by atoms with van der Waals surface area (Å²) in [5.41, 5.74) is -0.175. The van der Waals surface area contributed by atoms with Gasteiger partial charge in [0.2, 0.25) is 0 Å². The summed E-state index contributed by atoms with van der Waals surface area (Å²) in [6, 6.07) is 6.47. The number of benzene rings is 1. The third-order valence-electron chi connectivity index (χ3n) is 3.76. The molecule has 1 aromatic carbocycles. The fraction of sp³-hybridized carbons (Fsp3) is 0.375. The van der Waals surface area contributed by atoms with Crippen LogP contribution in [-0.4, -0.2) is 36.6 Å². The lowest BCUT2D eigenvalue weighted by atomic mass is 10.1. The van der Waals surface area contributed by atoms with E-state index in [1.807, 2.05) is 6.92 Å². The fourth-order valence-electron chi connectivity index (χ4n) is 2.70. The molecule has 0 radical (unpaired) electrons. The Morgan fingerprint density at radius 1 is 1.45 bits per heavy atom. The van der Waals surface area contributed by atoms with Gasteiger partial charge in [0.1, 0.15) is 11.1 Å². The quantitative estimate of drug-likeness (QED) is 0.816. The minimum absolute atomic E-state index is 0.0342. The summed E-state index contributed by atoms with van der Waals surface area (Å²) < 4.78 is 10.7. The first kappa shape index (κ1) is 15.1. The first-order valence-corrected chi connectivity index (χ1v) is 7.60. The lowest BCUT2D eigenvalue weighted by Crippen LogP contribution is -2.33. The molecule has 1 fully saturated rings. The zero-order valence-electron chi connectivity index (χ0n) is 12.2. The monoisotopic (exact) mass is 321 g/mol. The van der Waals surface area contributed by atoms with Crippen molar-refractivity contribution in [3.8, 4) is 0 Å². The molecule has 1 aliphatic rings.